The molecule has 0 amide bonds. The van der Waals surface area contributed by atoms with E-state index >= 15 is 0 Å². The van der Waals surface area contributed by atoms with Gasteiger partial charge in [-0.05, 0) is 12.8 Å². The van der Waals surface area contributed by atoms with Gasteiger partial charge in [0.1, 0.15) is 0 Å². The van der Waals surface area contributed by atoms with Gasteiger partial charge in [0.05, 0.1) is 0 Å². The standard InChI is InChI=1S/C8H14N2S/c1-4-9-8-10-5-7(11-8)6(2)3/h5-6H,4H2,1-3H3,(H,9,10). The van der Waals surface area contributed by atoms with E-state index in [9.17, 15) is 0 Å². The molecule has 1 heterocycles. The highest BCUT2D eigenvalue weighted by Crippen LogP contribution is 2.24. The molecule has 11 heavy (non-hydrogen) atoms. The van der Waals surface area contributed by atoms with Crippen LogP contribution in [0.4, 0.5) is 5.13 Å². The van der Waals surface area contributed by atoms with Crippen LogP contribution >= 0.6 is 11.3 Å². The van der Waals surface area contributed by atoms with Crippen molar-refractivity contribution in [2.24, 2.45) is 0 Å². The number of thiazole rings is 1. The van der Waals surface area contributed by atoms with Gasteiger partial charge in [-0.25, -0.2) is 4.98 Å². The van der Waals surface area contributed by atoms with Gasteiger partial charge in [-0.3, -0.25) is 0 Å². The third kappa shape index (κ3) is 2.19. The molecule has 1 aromatic rings. The zero-order valence-corrected chi connectivity index (χ0v) is 8.03. The second-order valence-electron chi connectivity index (χ2n) is 2.75. The Kier molecular flexibility index (Phi) is 2.88. The molecule has 1 aromatic heterocycles. The summed E-state index contributed by atoms with van der Waals surface area (Å²) >= 11 is 1.74. The number of rotatable bonds is 3. The third-order valence-electron chi connectivity index (χ3n) is 1.42. The maximum absolute atomic E-state index is 4.23. The average Bonchev–Trinajstić information content (AvgIpc) is 2.37. The molecule has 0 aromatic carbocycles. The summed E-state index contributed by atoms with van der Waals surface area (Å²) in [6.45, 7) is 7.40. The van der Waals surface area contributed by atoms with Crippen molar-refractivity contribution in [2.45, 2.75) is 26.7 Å². The van der Waals surface area contributed by atoms with Gasteiger partial charge in [0.2, 0.25) is 0 Å². The number of hydrogen-bond acceptors (Lipinski definition) is 3. The van der Waals surface area contributed by atoms with Gasteiger partial charge in [-0.2, -0.15) is 0 Å². The van der Waals surface area contributed by atoms with Gasteiger partial charge in [0.25, 0.3) is 0 Å². The van der Waals surface area contributed by atoms with E-state index in [1.807, 2.05) is 6.20 Å². The number of aromatic nitrogens is 1. The predicted molar refractivity (Wildman–Crippen MR) is 50.4 cm³/mol. The van der Waals surface area contributed by atoms with Gasteiger partial charge in [-0.15, -0.1) is 11.3 Å². The van der Waals surface area contributed by atoms with Crippen molar-refractivity contribution < 1.29 is 0 Å². The van der Waals surface area contributed by atoms with Crippen LogP contribution in [0, 0.1) is 0 Å². The third-order valence-corrected chi connectivity index (χ3v) is 2.68. The van der Waals surface area contributed by atoms with Crippen LogP contribution in [-0.4, -0.2) is 11.5 Å². The van der Waals surface area contributed by atoms with E-state index in [-0.39, 0.29) is 0 Å². The molecule has 0 aliphatic carbocycles. The topological polar surface area (TPSA) is 24.9 Å². The Morgan fingerprint density at radius 3 is 2.82 bits per heavy atom. The van der Waals surface area contributed by atoms with E-state index in [0.29, 0.717) is 5.92 Å². The van der Waals surface area contributed by atoms with Gasteiger partial charge in [0.15, 0.2) is 5.13 Å². The summed E-state index contributed by atoms with van der Waals surface area (Å²) in [7, 11) is 0. The summed E-state index contributed by atoms with van der Waals surface area (Å²) in [6.07, 6.45) is 1.95. The largest absolute Gasteiger partial charge is 0.362 e. The van der Waals surface area contributed by atoms with Crippen LogP contribution in [0.25, 0.3) is 0 Å². The molecule has 0 fully saturated rings. The highest BCUT2D eigenvalue weighted by Gasteiger charge is 2.03. The van der Waals surface area contributed by atoms with E-state index in [1.54, 1.807) is 11.3 Å². The number of anilines is 1. The number of hydrogen-bond donors (Lipinski definition) is 1. The summed E-state index contributed by atoms with van der Waals surface area (Å²) in [5.74, 6) is 0.597. The lowest BCUT2D eigenvalue weighted by Gasteiger charge is -1.96. The van der Waals surface area contributed by atoms with Crippen molar-refractivity contribution in [1.82, 2.24) is 4.98 Å². The van der Waals surface area contributed by atoms with Crippen molar-refractivity contribution in [3.8, 4) is 0 Å². The summed E-state index contributed by atoms with van der Waals surface area (Å²) in [6, 6.07) is 0. The molecule has 0 spiro atoms. The molecular weight excluding hydrogens is 156 g/mol. The summed E-state index contributed by atoms with van der Waals surface area (Å²) in [4.78, 5) is 5.58. The number of nitrogens with one attached hydrogen (secondary N) is 1. The van der Waals surface area contributed by atoms with Crippen LogP contribution in [0.1, 0.15) is 31.6 Å². The molecule has 0 radical (unpaired) electrons. The molecule has 0 unspecified atom stereocenters. The minimum atomic E-state index is 0.597. The zero-order chi connectivity index (χ0) is 8.27. The molecule has 1 N–H and O–H groups in total. The molecule has 0 aliphatic heterocycles. The molecule has 0 atom stereocenters. The minimum Gasteiger partial charge on any atom is -0.362 e. The Hall–Kier alpha value is -0.570. The molecule has 0 bridgehead atoms. The SMILES string of the molecule is CCNc1ncc(C(C)C)s1. The van der Waals surface area contributed by atoms with E-state index in [0.717, 1.165) is 11.7 Å². The smallest absolute Gasteiger partial charge is 0.182 e. The van der Waals surface area contributed by atoms with Gasteiger partial charge < -0.3 is 5.32 Å². The molecule has 0 aliphatic rings. The van der Waals surface area contributed by atoms with E-state index in [1.165, 1.54) is 4.88 Å². The highest BCUT2D eigenvalue weighted by atomic mass is 32.1. The van der Waals surface area contributed by atoms with Gasteiger partial charge in [0, 0.05) is 17.6 Å². The fraction of sp³-hybridized carbons (Fsp3) is 0.625. The highest BCUT2D eigenvalue weighted by molar-refractivity contribution is 7.15. The zero-order valence-electron chi connectivity index (χ0n) is 7.22. The second kappa shape index (κ2) is 3.72. The van der Waals surface area contributed by atoms with E-state index in [2.05, 4.69) is 31.1 Å². The fourth-order valence-electron chi connectivity index (χ4n) is 0.786. The average molecular weight is 170 g/mol. The first-order valence-corrected chi connectivity index (χ1v) is 4.75. The van der Waals surface area contributed by atoms with Crippen LogP contribution in [0.2, 0.25) is 0 Å². The molecule has 0 saturated heterocycles. The lowest BCUT2D eigenvalue weighted by Crippen LogP contribution is -1.94. The monoisotopic (exact) mass is 170 g/mol. The normalized spacial score (nSPS) is 10.5. The molecule has 0 saturated carbocycles. The van der Waals surface area contributed by atoms with Crippen molar-refractivity contribution in [1.29, 1.82) is 0 Å². The van der Waals surface area contributed by atoms with Crippen molar-refractivity contribution in [2.75, 3.05) is 11.9 Å². The first kappa shape index (κ1) is 8.53. The molecule has 1 rings (SSSR count). The first-order valence-electron chi connectivity index (χ1n) is 3.93. The second-order valence-corrected chi connectivity index (χ2v) is 3.82. The Morgan fingerprint density at radius 2 is 2.36 bits per heavy atom. The van der Waals surface area contributed by atoms with Crippen molar-refractivity contribution in [3.05, 3.63) is 11.1 Å². The van der Waals surface area contributed by atoms with Crippen LogP contribution in [-0.2, 0) is 0 Å². The molecule has 3 heteroatoms. The Labute approximate surface area is 71.7 Å². The molecule has 62 valence electrons. The van der Waals surface area contributed by atoms with Crippen LogP contribution in [0.3, 0.4) is 0 Å². The summed E-state index contributed by atoms with van der Waals surface area (Å²) in [5, 5.41) is 4.23. The van der Waals surface area contributed by atoms with Crippen LogP contribution in [0.5, 0.6) is 0 Å². The quantitative estimate of drug-likeness (QED) is 0.754. The summed E-state index contributed by atoms with van der Waals surface area (Å²) in [5.41, 5.74) is 0. The minimum absolute atomic E-state index is 0.597. The van der Waals surface area contributed by atoms with Crippen LogP contribution in [0.15, 0.2) is 6.20 Å². The predicted octanol–water partition coefficient (Wildman–Crippen LogP) is 2.70. The fourth-order valence-corrected chi connectivity index (χ4v) is 1.67. The van der Waals surface area contributed by atoms with Gasteiger partial charge in [-0.1, -0.05) is 13.8 Å². The van der Waals surface area contributed by atoms with Crippen molar-refractivity contribution >= 4 is 16.5 Å². The number of nitrogens with zero attached hydrogens (tertiary/aromatic N) is 1. The maximum Gasteiger partial charge on any atom is 0.182 e. The van der Waals surface area contributed by atoms with E-state index < -0.39 is 0 Å². The van der Waals surface area contributed by atoms with E-state index in [4.69, 9.17) is 0 Å². The lowest BCUT2D eigenvalue weighted by molar-refractivity contribution is 0.885. The molecule has 2 nitrogen and oxygen atoms in total. The first-order chi connectivity index (χ1) is 5.24. The van der Waals surface area contributed by atoms with Crippen LogP contribution < -0.4 is 5.32 Å². The summed E-state index contributed by atoms with van der Waals surface area (Å²) < 4.78 is 0. The Balaban J connectivity index is 2.66. The maximum atomic E-state index is 4.23. The Bertz CT molecular complexity index is 218. The lowest BCUT2D eigenvalue weighted by atomic mass is 10.2. The van der Waals surface area contributed by atoms with Gasteiger partial charge >= 0.3 is 0 Å². The van der Waals surface area contributed by atoms with Crippen molar-refractivity contribution in [3.63, 3.8) is 0 Å². The molecular formula is C8H14N2S. The Morgan fingerprint density at radius 1 is 1.64 bits per heavy atom.